The first kappa shape index (κ1) is 15.7. The fourth-order valence-electron chi connectivity index (χ4n) is 3.01. The third-order valence-electron chi connectivity index (χ3n) is 4.56. The Balaban J connectivity index is 1.57. The van der Waals surface area contributed by atoms with Crippen LogP contribution in [0.3, 0.4) is 0 Å². The van der Waals surface area contributed by atoms with Gasteiger partial charge in [-0.25, -0.2) is 0 Å². The average Bonchev–Trinajstić information content (AvgIpc) is 3.31. The smallest absolute Gasteiger partial charge is 0.229 e. The van der Waals surface area contributed by atoms with E-state index in [1.54, 1.807) is 0 Å². The van der Waals surface area contributed by atoms with Crippen molar-refractivity contribution in [3.63, 3.8) is 0 Å². The molecule has 2 fully saturated rings. The molecule has 1 N–H and O–H groups in total. The minimum absolute atomic E-state index is 0.0353. The summed E-state index contributed by atoms with van der Waals surface area (Å²) < 4.78 is 0. The molecule has 122 valence electrons. The maximum atomic E-state index is 12.2. The quantitative estimate of drug-likeness (QED) is 0.818. The predicted molar refractivity (Wildman–Crippen MR) is 85.4 cm³/mol. The van der Waals surface area contributed by atoms with E-state index in [-0.39, 0.29) is 49.6 Å². The highest BCUT2D eigenvalue weighted by Crippen LogP contribution is 2.41. The highest BCUT2D eigenvalue weighted by Gasteiger charge is 2.34. The van der Waals surface area contributed by atoms with E-state index >= 15 is 0 Å². The van der Waals surface area contributed by atoms with Crippen molar-refractivity contribution < 1.29 is 14.4 Å². The molecule has 0 aromatic heterocycles. The van der Waals surface area contributed by atoms with Crippen LogP contribution in [0.5, 0.6) is 0 Å². The zero-order chi connectivity index (χ0) is 16.4. The number of carbonyl (C=O) groups excluding carboxylic acids is 3. The Kier molecular flexibility index (Phi) is 4.46. The predicted octanol–water partition coefficient (Wildman–Crippen LogP) is 2.10. The summed E-state index contributed by atoms with van der Waals surface area (Å²) >= 11 is 0. The van der Waals surface area contributed by atoms with E-state index in [1.165, 1.54) is 10.5 Å². The number of imide groups is 1. The Hall–Kier alpha value is -2.17. The number of nitrogens with zero attached hydrogens (tertiary/aromatic N) is 1. The van der Waals surface area contributed by atoms with Crippen LogP contribution in [0.2, 0.25) is 0 Å². The van der Waals surface area contributed by atoms with Crippen molar-refractivity contribution in [2.75, 3.05) is 6.54 Å². The van der Waals surface area contributed by atoms with Crippen LogP contribution < -0.4 is 5.32 Å². The van der Waals surface area contributed by atoms with Gasteiger partial charge in [-0.1, -0.05) is 29.8 Å². The first-order chi connectivity index (χ1) is 11.0. The van der Waals surface area contributed by atoms with Crippen LogP contribution in [0.1, 0.15) is 49.3 Å². The first-order valence-electron chi connectivity index (χ1n) is 8.24. The molecule has 23 heavy (non-hydrogen) atoms. The molecule has 0 radical (unpaired) electrons. The Morgan fingerprint density at radius 2 is 1.78 bits per heavy atom. The molecule has 1 saturated heterocycles. The van der Waals surface area contributed by atoms with Crippen molar-refractivity contribution in [2.24, 2.45) is 5.92 Å². The Labute approximate surface area is 136 Å². The van der Waals surface area contributed by atoms with Crippen LogP contribution in [0, 0.1) is 12.8 Å². The monoisotopic (exact) mass is 314 g/mol. The number of hydrogen-bond acceptors (Lipinski definition) is 3. The van der Waals surface area contributed by atoms with Crippen molar-refractivity contribution >= 4 is 17.7 Å². The van der Waals surface area contributed by atoms with Crippen LogP contribution in [0.25, 0.3) is 0 Å². The van der Waals surface area contributed by atoms with E-state index in [9.17, 15) is 14.4 Å². The van der Waals surface area contributed by atoms with E-state index < -0.39 is 0 Å². The normalized spacial score (nSPS) is 19.1. The zero-order valence-corrected chi connectivity index (χ0v) is 13.4. The largest absolute Gasteiger partial charge is 0.349 e. The van der Waals surface area contributed by atoms with Crippen LogP contribution in [0.15, 0.2) is 24.3 Å². The van der Waals surface area contributed by atoms with E-state index in [2.05, 4.69) is 29.6 Å². The van der Waals surface area contributed by atoms with Crippen molar-refractivity contribution in [3.8, 4) is 0 Å². The summed E-state index contributed by atoms with van der Waals surface area (Å²) in [6, 6.07) is 8.27. The molecule has 1 aromatic carbocycles. The first-order valence-corrected chi connectivity index (χ1v) is 8.24. The van der Waals surface area contributed by atoms with Crippen molar-refractivity contribution in [2.45, 2.75) is 45.1 Å². The molecule has 1 aromatic rings. The van der Waals surface area contributed by atoms with Gasteiger partial charge < -0.3 is 5.32 Å². The Bertz CT molecular complexity index is 604. The lowest BCUT2D eigenvalue weighted by Gasteiger charge is -2.20. The van der Waals surface area contributed by atoms with E-state index in [1.807, 2.05) is 6.92 Å². The minimum atomic E-state index is -0.167. The molecule has 0 spiro atoms. The van der Waals surface area contributed by atoms with Gasteiger partial charge in [0.25, 0.3) is 0 Å². The van der Waals surface area contributed by atoms with Gasteiger partial charge in [0.15, 0.2) is 0 Å². The van der Waals surface area contributed by atoms with Crippen LogP contribution >= 0.6 is 0 Å². The van der Waals surface area contributed by atoms with Gasteiger partial charge in [0.2, 0.25) is 17.7 Å². The van der Waals surface area contributed by atoms with Crippen molar-refractivity contribution in [1.29, 1.82) is 0 Å². The number of likely N-dealkylation sites (tertiary alicyclic amines) is 1. The summed E-state index contributed by atoms with van der Waals surface area (Å²) in [6.45, 7) is 2.23. The molecule has 1 heterocycles. The fourth-order valence-corrected chi connectivity index (χ4v) is 3.01. The standard InChI is InChI=1S/C18H22N2O3/c1-12-2-4-13(5-3-12)18(14-6-7-14)19-15(21)10-11-20-16(22)8-9-17(20)23/h2-5,14,18H,6-11H2,1H3,(H,19,21). The summed E-state index contributed by atoms with van der Waals surface area (Å²) in [7, 11) is 0. The summed E-state index contributed by atoms with van der Waals surface area (Å²) in [5.74, 6) is 0.0619. The summed E-state index contributed by atoms with van der Waals surface area (Å²) in [4.78, 5) is 36.6. The maximum absolute atomic E-state index is 12.2. The Morgan fingerprint density at radius 1 is 1.17 bits per heavy atom. The maximum Gasteiger partial charge on any atom is 0.229 e. The van der Waals surface area contributed by atoms with Gasteiger partial charge in [0.05, 0.1) is 6.04 Å². The van der Waals surface area contributed by atoms with Crippen LogP contribution in [-0.4, -0.2) is 29.2 Å². The van der Waals surface area contributed by atoms with Gasteiger partial charge in [0, 0.05) is 25.8 Å². The number of nitrogens with one attached hydrogen (secondary N) is 1. The SMILES string of the molecule is Cc1ccc(C(NC(=O)CCN2C(=O)CCC2=O)C2CC2)cc1. The second-order valence-corrected chi connectivity index (χ2v) is 6.48. The number of hydrogen-bond donors (Lipinski definition) is 1. The molecule has 5 heteroatoms. The highest BCUT2D eigenvalue weighted by atomic mass is 16.2. The molecule has 2 aliphatic rings. The highest BCUT2D eigenvalue weighted by molar-refractivity contribution is 6.02. The second-order valence-electron chi connectivity index (χ2n) is 6.48. The molecule has 0 bridgehead atoms. The van der Waals surface area contributed by atoms with E-state index in [0.29, 0.717) is 5.92 Å². The van der Waals surface area contributed by atoms with Gasteiger partial charge in [-0.05, 0) is 31.2 Å². The average molecular weight is 314 g/mol. The number of amides is 3. The van der Waals surface area contributed by atoms with E-state index in [4.69, 9.17) is 0 Å². The topological polar surface area (TPSA) is 66.5 Å². The van der Waals surface area contributed by atoms with Gasteiger partial charge in [-0.3, -0.25) is 19.3 Å². The van der Waals surface area contributed by atoms with Gasteiger partial charge in [-0.2, -0.15) is 0 Å². The van der Waals surface area contributed by atoms with Crippen molar-refractivity contribution in [1.82, 2.24) is 10.2 Å². The molecule has 1 aliphatic heterocycles. The molecule has 3 amide bonds. The fraction of sp³-hybridized carbons (Fsp3) is 0.500. The second kappa shape index (κ2) is 6.52. The lowest BCUT2D eigenvalue weighted by atomic mass is 10.0. The minimum Gasteiger partial charge on any atom is -0.349 e. The lowest BCUT2D eigenvalue weighted by molar-refractivity contribution is -0.138. The number of rotatable bonds is 6. The van der Waals surface area contributed by atoms with Crippen LogP contribution in [-0.2, 0) is 14.4 Å². The molecule has 5 nitrogen and oxygen atoms in total. The Morgan fingerprint density at radius 3 is 2.35 bits per heavy atom. The third-order valence-corrected chi connectivity index (χ3v) is 4.56. The van der Waals surface area contributed by atoms with Gasteiger partial charge in [-0.15, -0.1) is 0 Å². The number of aryl methyl sites for hydroxylation is 1. The molecule has 1 aliphatic carbocycles. The molecular weight excluding hydrogens is 292 g/mol. The van der Waals surface area contributed by atoms with Crippen LogP contribution in [0.4, 0.5) is 0 Å². The molecule has 1 saturated carbocycles. The molecule has 1 atom stereocenters. The molecular formula is C18H22N2O3. The number of carbonyl (C=O) groups is 3. The summed E-state index contributed by atoms with van der Waals surface area (Å²) in [5.41, 5.74) is 2.32. The third kappa shape index (κ3) is 3.78. The number of benzene rings is 1. The molecule has 3 rings (SSSR count). The van der Waals surface area contributed by atoms with Gasteiger partial charge in [0.1, 0.15) is 0 Å². The zero-order valence-electron chi connectivity index (χ0n) is 13.4. The summed E-state index contributed by atoms with van der Waals surface area (Å²) in [6.07, 6.45) is 2.97. The van der Waals surface area contributed by atoms with Crippen molar-refractivity contribution in [3.05, 3.63) is 35.4 Å². The van der Waals surface area contributed by atoms with E-state index in [0.717, 1.165) is 18.4 Å². The van der Waals surface area contributed by atoms with Gasteiger partial charge >= 0.3 is 0 Å². The lowest BCUT2D eigenvalue weighted by Crippen LogP contribution is -2.35. The molecule has 1 unspecified atom stereocenters. The summed E-state index contributed by atoms with van der Waals surface area (Å²) in [5, 5.41) is 3.08.